The van der Waals surface area contributed by atoms with Crippen molar-refractivity contribution >= 4 is 13.8 Å². The van der Waals surface area contributed by atoms with Crippen LogP contribution in [0.4, 0.5) is 5.69 Å². The topological polar surface area (TPSA) is 38.9 Å². The van der Waals surface area contributed by atoms with Crippen molar-refractivity contribution in [2.75, 3.05) is 5.73 Å². The van der Waals surface area contributed by atoms with Crippen molar-refractivity contribution in [2.45, 2.75) is 26.6 Å². The van der Waals surface area contributed by atoms with Crippen molar-refractivity contribution < 1.29 is 0 Å². The van der Waals surface area contributed by atoms with Crippen LogP contribution in [-0.4, -0.2) is 13.1 Å². The summed E-state index contributed by atoms with van der Waals surface area (Å²) in [4.78, 5) is 4.20. The van der Waals surface area contributed by atoms with Gasteiger partial charge in [-0.1, -0.05) is 25.6 Å². The summed E-state index contributed by atoms with van der Waals surface area (Å²) >= 11 is 0. The van der Waals surface area contributed by atoms with Crippen LogP contribution in [0.2, 0.25) is 19.6 Å². The molecule has 0 fully saturated rings. The minimum absolute atomic E-state index is 0.677. The van der Waals surface area contributed by atoms with Gasteiger partial charge in [-0.05, 0) is 18.6 Å². The van der Waals surface area contributed by atoms with Crippen LogP contribution < -0.4 is 5.73 Å². The molecule has 0 aliphatic heterocycles. The largest absolute Gasteiger partial charge is 0.396 e. The van der Waals surface area contributed by atoms with E-state index in [0.29, 0.717) is 11.4 Å². The third kappa shape index (κ3) is 3.23. The van der Waals surface area contributed by atoms with Crippen LogP contribution in [0.1, 0.15) is 11.3 Å². The van der Waals surface area contributed by atoms with E-state index in [4.69, 9.17) is 5.73 Å². The molecule has 0 radical (unpaired) electrons. The average molecular weight is 204 g/mol. The van der Waals surface area contributed by atoms with Crippen LogP contribution >= 0.6 is 0 Å². The molecule has 0 saturated carbocycles. The first-order chi connectivity index (χ1) is 6.38. The van der Waals surface area contributed by atoms with Gasteiger partial charge in [-0.2, -0.15) is 0 Å². The second-order valence-corrected chi connectivity index (χ2v) is 9.20. The van der Waals surface area contributed by atoms with E-state index in [1.54, 1.807) is 6.20 Å². The van der Waals surface area contributed by atoms with Crippen molar-refractivity contribution in [3.8, 4) is 11.5 Å². The highest BCUT2D eigenvalue weighted by Gasteiger charge is 2.08. The van der Waals surface area contributed by atoms with Crippen LogP contribution in [0.3, 0.4) is 0 Å². The van der Waals surface area contributed by atoms with Crippen molar-refractivity contribution in [3.05, 3.63) is 23.5 Å². The zero-order valence-electron chi connectivity index (χ0n) is 9.18. The normalized spacial score (nSPS) is 10.6. The van der Waals surface area contributed by atoms with E-state index in [9.17, 15) is 0 Å². The van der Waals surface area contributed by atoms with E-state index in [1.807, 2.05) is 13.0 Å². The second-order valence-electron chi connectivity index (χ2n) is 4.45. The Morgan fingerprint density at radius 2 is 2.00 bits per heavy atom. The van der Waals surface area contributed by atoms with Gasteiger partial charge in [0.15, 0.2) is 0 Å². The molecule has 0 spiro atoms. The fourth-order valence-corrected chi connectivity index (χ4v) is 1.44. The van der Waals surface area contributed by atoms with Gasteiger partial charge in [-0.3, -0.25) is 0 Å². The number of nitrogens with zero attached hydrogens (tertiary/aromatic N) is 1. The van der Waals surface area contributed by atoms with E-state index in [1.165, 1.54) is 0 Å². The van der Waals surface area contributed by atoms with Gasteiger partial charge in [0.1, 0.15) is 13.8 Å². The summed E-state index contributed by atoms with van der Waals surface area (Å²) in [7, 11) is -1.33. The molecular formula is C11H16N2Si. The first kappa shape index (κ1) is 10.8. The molecule has 0 bridgehead atoms. The Kier molecular flexibility index (Phi) is 2.97. The lowest BCUT2D eigenvalue weighted by Crippen LogP contribution is -2.16. The maximum absolute atomic E-state index is 5.80. The lowest BCUT2D eigenvalue weighted by atomic mass is 10.2. The van der Waals surface area contributed by atoms with Crippen LogP contribution in [0.25, 0.3) is 0 Å². The van der Waals surface area contributed by atoms with Gasteiger partial charge in [0.25, 0.3) is 0 Å². The summed E-state index contributed by atoms with van der Waals surface area (Å²) in [5.41, 5.74) is 11.5. The molecule has 0 aliphatic rings. The van der Waals surface area contributed by atoms with Gasteiger partial charge >= 0.3 is 0 Å². The number of aromatic nitrogens is 1. The van der Waals surface area contributed by atoms with E-state index < -0.39 is 8.07 Å². The molecule has 1 rings (SSSR count). The Morgan fingerprint density at radius 3 is 2.50 bits per heavy atom. The number of rotatable bonds is 0. The number of nitrogens with two attached hydrogens (primary N) is 1. The Morgan fingerprint density at radius 1 is 1.36 bits per heavy atom. The lowest BCUT2D eigenvalue weighted by molar-refractivity contribution is 1.24. The molecule has 0 aromatic carbocycles. The Labute approximate surface area is 86.6 Å². The highest BCUT2D eigenvalue weighted by Crippen LogP contribution is 2.09. The van der Waals surface area contributed by atoms with Gasteiger partial charge in [-0.25, -0.2) is 4.98 Å². The number of pyridine rings is 1. The highest BCUT2D eigenvalue weighted by atomic mass is 28.3. The zero-order chi connectivity index (χ0) is 10.8. The SMILES string of the molecule is Cc1cnc(C#C[Si](C)(C)C)c(N)c1. The fourth-order valence-electron chi connectivity index (χ4n) is 0.943. The van der Waals surface area contributed by atoms with Crippen LogP contribution in [0.15, 0.2) is 12.3 Å². The summed E-state index contributed by atoms with van der Waals surface area (Å²) in [5, 5.41) is 0. The molecule has 1 heterocycles. The van der Waals surface area contributed by atoms with Crippen LogP contribution in [0.5, 0.6) is 0 Å². The summed E-state index contributed by atoms with van der Waals surface area (Å²) in [6.45, 7) is 8.57. The third-order valence-electron chi connectivity index (χ3n) is 1.61. The average Bonchev–Trinajstić information content (AvgIpc) is 2.00. The Balaban J connectivity index is 3.02. The van der Waals surface area contributed by atoms with Crippen LogP contribution in [0, 0.1) is 18.4 Å². The molecule has 3 heteroatoms. The number of hydrogen-bond acceptors (Lipinski definition) is 2. The quantitative estimate of drug-likeness (QED) is 0.520. The van der Waals surface area contributed by atoms with Gasteiger partial charge in [-0.15, -0.1) is 5.54 Å². The van der Waals surface area contributed by atoms with Crippen molar-refractivity contribution in [1.82, 2.24) is 4.98 Å². The minimum Gasteiger partial charge on any atom is -0.396 e. The summed E-state index contributed by atoms with van der Waals surface area (Å²) in [6.07, 6.45) is 1.80. The minimum atomic E-state index is -1.33. The molecular weight excluding hydrogens is 188 g/mol. The molecule has 0 unspecified atom stereocenters. The zero-order valence-corrected chi connectivity index (χ0v) is 10.2. The maximum atomic E-state index is 5.80. The van der Waals surface area contributed by atoms with Gasteiger partial charge in [0.2, 0.25) is 0 Å². The molecule has 0 aliphatic carbocycles. The first-order valence-corrected chi connectivity index (χ1v) is 8.14. The fraction of sp³-hybridized carbons (Fsp3) is 0.364. The number of nitrogen functional groups attached to an aromatic ring is 1. The van der Waals surface area contributed by atoms with Crippen molar-refractivity contribution in [3.63, 3.8) is 0 Å². The standard InChI is InChI=1S/C11H16N2Si/c1-9-7-10(12)11(13-8-9)5-6-14(2,3)4/h7-8H,12H2,1-4H3. The number of hydrogen-bond donors (Lipinski definition) is 1. The molecule has 0 saturated heterocycles. The molecule has 14 heavy (non-hydrogen) atoms. The first-order valence-electron chi connectivity index (χ1n) is 4.64. The number of aryl methyl sites for hydroxylation is 1. The van der Waals surface area contributed by atoms with Crippen molar-refractivity contribution in [1.29, 1.82) is 0 Å². The molecule has 1 aromatic rings. The van der Waals surface area contributed by atoms with E-state index in [-0.39, 0.29) is 0 Å². The molecule has 2 nitrogen and oxygen atoms in total. The molecule has 0 atom stereocenters. The summed E-state index contributed by atoms with van der Waals surface area (Å²) in [5.74, 6) is 3.06. The predicted molar refractivity (Wildman–Crippen MR) is 63.6 cm³/mol. The maximum Gasteiger partial charge on any atom is 0.135 e. The van der Waals surface area contributed by atoms with Gasteiger partial charge in [0.05, 0.1) is 5.69 Å². The van der Waals surface area contributed by atoms with Crippen LogP contribution in [-0.2, 0) is 0 Å². The van der Waals surface area contributed by atoms with E-state index in [0.717, 1.165) is 5.56 Å². The summed E-state index contributed by atoms with van der Waals surface area (Å²) in [6, 6.07) is 1.90. The highest BCUT2D eigenvalue weighted by molar-refractivity contribution is 6.83. The monoisotopic (exact) mass is 204 g/mol. The predicted octanol–water partition coefficient (Wildman–Crippen LogP) is 2.20. The summed E-state index contributed by atoms with van der Waals surface area (Å²) < 4.78 is 0. The third-order valence-corrected chi connectivity index (χ3v) is 2.48. The molecule has 0 amide bonds. The second kappa shape index (κ2) is 3.85. The van der Waals surface area contributed by atoms with Crippen molar-refractivity contribution in [2.24, 2.45) is 0 Å². The van der Waals surface area contributed by atoms with E-state index >= 15 is 0 Å². The molecule has 1 aromatic heterocycles. The lowest BCUT2D eigenvalue weighted by Gasteiger charge is -2.04. The van der Waals surface area contributed by atoms with Gasteiger partial charge in [0, 0.05) is 6.20 Å². The van der Waals surface area contributed by atoms with E-state index in [2.05, 4.69) is 36.1 Å². The Hall–Kier alpha value is -1.27. The molecule has 2 N–H and O–H groups in total. The Bertz CT molecular complexity index is 394. The number of anilines is 1. The van der Waals surface area contributed by atoms with Gasteiger partial charge < -0.3 is 5.73 Å². The smallest absolute Gasteiger partial charge is 0.135 e. The molecule has 74 valence electrons.